The maximum Gasteiger partial charge on any atom is 0.339 e. The fraction of sp³-hybridized carbons (Fsp3) is 0.200. The Morgan fingerprint density at radius 1 is 1.21 bits per heavy atom. The second-order valence-corrected chi connectivity index (χ2v) is 4.23. The summed E-state index contributed by atoms with van der Waals surface area (Å²) >= 11 is 0. The van der Waals surface area contributed by atoms with Gasteiger partial charge in [0.25, 0.3) is 0 Å². The number of hydrogen-bond acceptors (Lipinski definition) is 4. The zero-order valence-electron chi connectivity index (χ0n) is 10.6. The van der Waals surface area contributed by atoms with Gasteiger partial charge in [0, 0.05) is 12.4 Å². The van der Waals surface area contributed by atoms with Crippen LogP contribution in [0.3, 0.4) is 0 Å². The number of benzene rings is 1. The second-order valence-electron chi connectivity index (χ2n) is 4.23. The fourth-order valence-corrected chi connectivity index (χ4v) is 1.74. The van der Waals surface area contributed by atoms with E-state index in [0.717, 1.165) is 12.8 Å². The maximum atomic E-state index is 11.7. The van der Waals surface area contributed by atoms with Gasteiger partial charge < -0.3 is 10.5 Å². The van der Waals surface area contributed by atoms with Crippen LogP contribution in [0.15, 0.2) is 48.8 Å². The minimum atomic E-state index is -0.382. The van der Waals surface area contributed by atoms with E-state index in [1.165, 1.54) is 18.0 Å². The highest BCUT2D eigenvalue weighted by Crippen LogP contribution is 2.07. The average molecular weight is 256 g/mol. The Labute approximate surface area is 112 Å². The maximum absolute atomic E-state index is 11.7. The second kappa shape index (κ2) is 6.54. The van der Waals surface area contributed by atoms with Gasteiger partial charge in [0.1, 0.15) is 0 Å². The summed E-state index contributed by atoms with van der Waals surface area (Å²) in [7, 11) is 0. The third kappa shape index (κ3) is 4.10. The van der Waals surface area contributed by atoms with E-state index in [9.17, 15) is 4.79 Å². The molecule has 19 heavy (non-hydrogen) atoms. The van der Waals surface area contributed by atoms with Crippen LogP contribution in [0.25, 0.3) is 0 Å². The largest absolute Gasteiger partial charge is 0.462 e. The van der Waals surface area contributed by atoms with Gasteiger partial charge >= 0.3 is 5.97 Å². The van der Waals surface area contributed by atoms with Crippen molar-refractivity contribution in [1.29, 1.82) is 0 Å². The van der Waals surface area contributed by atoms with Gasteiger partial charge in [-0.1, -0.05) is 30.3 Å². The molecule has 0 saturated carbocycles. The molecular weight excluding hydrogens is 240 g/mol. The van der Waals surface area contributed by atoms with E-state index in [1.807, 2.05) is 18.2 Å². The minimum Gasteiger partial charge on any atom is -0.462 e. The Hall–Kier alpha value is -2.36. The van der Waals surface area contributed by atoms with Crippen LogP contribution in [-0.4, -0.2) is 17.6 Å². The van der Waals surface area contributed by atoms with Crippen molar-refractivity contribution in [2.45, 2.75) is 12.8 Å². The Morgan fingerprint density at radius 2 is 2.00 bits per heavy atom. The summed E-state index contributed by atoms with van der Waals surface area (Å²) in [4.78, 5) is 15.5. The number of pyridine rings is 1. The molecule has 0 aliphatic carbocycles. The molecule has 0 spiro atoms. The highest BCUT2D eigenvalue weighted by Gasteiger charge is 2.07. The summed E-state index contributed by atoms with van der Waals surface area (Å²) in [5.74, 6) is -0.382. The highest BCUT2D eigenvalue weighted by molar-refractivity contribution is 5.89. The molecule has 0 saturated heterocycles. The summed E-state index contributed by atoms with van der Waals surface area (Å²) in [6.07, 6.45) is 4.64. The molecule has 2 N–H and O–H groups in total. The Balaban J connectivity index is 1.75. The van der Waals surface area contributed by atoms with Crippen LogP contribution in [0.5, 0.6) is 0 Å². The van der Waals surface area contributed by atoms with Gasteiger partial charge in [-0.15, -0.1) is 0 Å². The smallest absolute Gasteiger partial charge is 0.339 e. The topological polar surface area (TPSA) is 65.2 Å². The Bertz CT molecular complexity index is 541. The van der Waals surface area contributed by atoms with Gasteiger partial charge in [-0.2, -0.15) is 0 Å². The van der Waals surface area contributed by atoms with Crippen molar-refractivity contribution < 1.29 is 9.53 Å². The summed E-state index contributed by atoms with van der Waals surface area (Å²) in [5.41, 5.74) is 7.64. The van der Waals surface area contributed by atoms with E-state index in [2.05, 4.69) is 17.1 Å². The van der Waals surface area contributed by atoms with Crippen LogP contribution in [0.4, 0.5) is 5.69 Å². The first-order chi connectivity index (χ1) is 9.25. The number of aromatic nitrogens is 1. The number of rotatable bonds is 5. The molecule has 1 aromatic carbocycles. The summed E-state index contributed by atoms with van der Waals surface area (Å²) in [6.45, 7) is 0.391. The van der Waals surface area contributed by atoms with Crippen LogP contribution in [0.2, 0.25) is 0 Å². The van der Waals surface area contributed by atoms with Gasteiger partial charge in [0.2, 0.25) is 0 Å². The van der Waals surface area contributed by atoms with Crippen LogP contribution in [0, 0.1) is 0 Å². The van der Waals surface area contributed by atoms with Crippen LogP contribution >= 0.6 is 0 Å². The molecule has 1 heterocycles. The van der Waals surface area contributed by atoms with E-state index in [-0.39, 0.29) is 5.97 Å². The molecule has 0 fully saturated rings. The molecule has 0 unspecified atom stereocenters. The molecule has 2 aromatic rings. The molecule has 0 aliphatic heterocycles. The first kappa shape index (κ1) is 13.1. The number of carbonyl (C=O) groups is 1. The van der Waals surface area contributed by atoms with Gasteiger partial charge in [-0.3, -0.25) is 4.98 Å². The molecule has 98 valence electrons. The lowest BCUT2D eigenvalue weighted by Crippen LogP contribution is -2.08. The van der Waals surface area contributed by atoms with E-state index in [4.69, 9.17) is 10.5 Å². The van der Waals surface area contributed by atoms with Crippen molar-refractivity contribution >= 4 is 11.7 Å². The van der Waals surface area contributed by atoms with Gasteiger partial charge in [-0.25, -0.2) is 4.79 Å². The molecular formula is C15H16N2O2. The normalized spacial score (nSPS) is 10.1. The number of anilines is 1. The predicted molar refractivity (Wildman–Crippen MR) is 73.7 cm³/mol. The van der Waals surface area contributed by atoms with Gasteiger partial charge in [0.15, 0.2) is 0 Å². The average Bonchev–Trinajstić information content (AvgIpc) is 2.44. The minimum absolute atomic E-state index is 0.382. The van der Waals surface area contributed by atoms with Crippen LogP contribution in [-0.2, 0) is 11.2 Å². The molecule has 0 amide bonds. The fourth-order valence-electron chi connectivity index (χ4n) is 1.74. The lowest BCUT2D eigenvalue weighted by Gasteiger charge is -2.05. The first-order valence-corrected chi connectivity index (χ1v) is 6.17. The number of aryl methyl sites for hydroxylation is 1. The quantitative estimate of drug-likeness (QED) is 0.659. The van der Waals surface area contributed by atoms with E-state index >= 15 is 0 Å². The summed E-state index contributed by atoms with van der Waals surface area (Å²) in [6, 6.07) is 11.7. The zero-order chi connectivity index (χ0) is 13.5. The van der Waals surface area contributed by atoms with Crippen LogP contribution in [0.1, 0.15) is 22.3 Å². The molecule has 4 heteroatoms. The van der Waals surface area contributed by atoms with Crippen molar-refractivity contribution in [3.63, 3.8) is 0 Å². The molecule has 0 aliphatic rings. The summed E-state index contributed by atoms with van der Waals surface area (Å²) in [5, 5.41) is 0. The number of nitrogens with two attached hydrogens (primary N) is 1. The third-order valence-electron chi connectivity index (χ3n) is 2.68. The Kier molecular flexibility index (Phi) is 4.50. The first-order valence-electron chi connectivity index (χ1n) is 6.17. The van der Waals surface area contributed by atoms with Crippen molar-refractivity contribution in [2.75, 3.05) is 12.3 Å². The van der Waals surface area contributed by atoms with Gasteiger partial charge in [0.05, 0.1) is 17.9 Å². The highest BCUT2D eigenvalue weighted by atomic mass is 16.5. The SMILES string of the molecule is Nc1cncc(C(=O)OCCCc2ccccc2)c1. The molecule has 2 rings (SSSR count). The van der Waals surface area contributed by atoms with Crippen LogP contribution < -0.4 is 5.73 Å². The third-order valence-corrected chi connectivity index (χ3v) is 2.68. The molecule has 0 bridgehead atoms. The summed E-state index contributed by atoms with van der Waals surface area (Å²) < 4.78 is 5.17. The van der Waals surface area contributed by atoms with Crippen molar-refractivity contribution in [2.24, 2.45) is 0 Å². The van der Waals surface area contributed by atoms with E-state index in [1.54, 1.807) is 6.07 Å². The number of nitrogens with zero attached hydrogens (tertiary/aromatic N) is 1. The van der Waals surface area contributed by atoms with Crippen molar-refractivity contribution in [1.82, 2.24) is 4.98 Å². The number of ether oxygens (including phenoxy) is 1. The van der Waals surface area contributed by atoms with Crippen molar-refractivity contribution in [3.05, 3.63) is 59.9 Å². The number of esters is 1. The van der Waals surface area contributed by atoms with E-state index in [0.29, 0.717) is 17.9 Å². The standard InChI is InChI=1S/C15H16N2O2/c16-14-9-13(10-17-11-14)15(18)19-8-4-7-12-5-2-1-3-6-12/h1-3,5-6,9-11H,4,7-8,16H2. The molecule has 0 atom stereocenters. The van der Waals surface area contributed by atoms with E-state index < -0.39 is 0 Å². The zero-order valence-corrected chi connectivity index (χ0v) is 10.6. The predicted octanol–water partition coefficient (Wildman–Crippen LogP) is 2.45. The molecule has 4 nitrogen and oxygen atoms in total. The lowest BCUT2D eigenvalue weighted by atomic mass is 10.1. The molecule has 1 aromatic heterocycles. The lowest BCUT2D eigenvalue weighted by molar-refractivity contribution is 0.0500. The van der Waals surface area contributed by atoms with Crippen molar-refractivity contribution in [3.8, 4) is 0 Å². The molecule has 0 radical (unpaired) electrons. The Morgan fingerprint density at radius 3 is 2.74 bits per heavy atom. The monoisotopic (exact) mass is 256 g/mol. The number of hydrogen-bond donors (Lipinski definition) is 1. The number of nitrogen functional groups attached to an aromatic ring is 1. The number of carbonyl (C=O) groups excluding carboxylic acids is 1. The van der Waals surface area contributed by atoms with Gasteiger partial charge in [-0.05, 0) is 24.5 Å².